The summed E-state index contributed by atoms with van der Waals surface area (Å²) >= 11 is 3.41. The Morgan fingerprint density at radius 3 is 2.20 bits per heavy atom. The first-order valence-corrected chi connectivity index (χ1v) is 16.9. The molecule has 4 aromatic rings. The first kappa shape index (κ1) is 33.7. The number of nitrogens with zero attached hydrogens (tertiary/aromatic N) is 2. The lowest BCUT2D eigenvalue weighted by atomic mass is 10.0. The number of benzene rings is 4. The van der Waals surface area contributed by atoms with E-state index >= 15 is 0 Å². The fourth-order valence-corrected chi connectivity index (χ4v) is 6.54. The number of aryl methyl sites for hydroxylation is 1. The number of hydrogen-bond donors (Lipinski definition) is 1. The Hall–Kier alpha value is -4.15. The molecule has 1 N–H and O–H groups in total. The molecule has 0 aliphatic heterocycles. The number of carbonyl (C=O) groups is 2. The van der Waals surface area contributed by atoms with E-state index in [1.807, 2.05) is 56.3 Å². The molecule has 4 rings (SSSR count). The summed E-state index contributed by atoms with van der Waals surface area (Å²) in [6, 6.07) is 29.1. The molecule has 0 radical (unpaired) electrons. The van der Waals surface area contributed by atoms with Crippen molar-refractivity contribution in [3.05, 3.63) is 124 Å². The maximum Gasteiger partial charge on any atom is 0.264 e. The molecule has 1 unspecified atom stereocenters. The van der Waals surface area contributed by atoms with Crippen LogP contribution in [0, 0.1) is 6.92 Å². The van der Waals surface area contributed by atoms with Crippen LogP contribution in [0.5, 0.6) is 5.75 Å². The van der Waals surface area contributed by atoms with Crippen molar-refractivity contribution in [1.82, 2.24) is 10.2 Å². The smallest absolute Gasteiger partial charge is 0.264 e. The van der Waals surface area contributed by atoms with Gasteiger partial charge >= 0.3 is 0 Å². The Morgan fingerprint density at radius 1 is 0.889 bits per heavy atom. The fourth-order valence-electron chi connectivity index (χ4n) is 4.86. The van der Waals surface area contributed by atoms with E-state index < -0.39 is 28.5 Å². The van der Waals surface area contributed by atoms with E-state index in [-0.39, 0.29) is 23.8 Å². The van der Waals surface area contributed by atoms with Gasteiger partial charge in [-0.2, -0.15) is 0 Å². The van der Waals surface area contributed by atoms with Crippen molar-refractivity contribution in [1.29, 1.82) is 0 Å². The maximum atomic E-state index is 14.5. The molecule has 45 heavy (non-hydrogen) atoms. The number of anilines is 1. The van der Waals surface area contributed by atoms with Crippen molar-refractivity contribution in [2.75, 3.05) is 24.5 Å². The van der Waals surface area contributed by atoms with Gasteiger partial charge in [0.05, 0.1) is 17.7 Å². The molecule has 0 aliphatic rings. The van der Waals surface area contributed by atoms with Gasteiger partial charge in [0, 0.05) is 24.0 Å². The van der Waals surface area contributed by atoms with Crippen molar-refractivity contribution in [2.24, 2.45) is 0 Å². The second-order valence-corrected chi connectivity index (χ2v) is 13.4. The molecular formula is C35H38BrN3O5S. The first-order chi connectivity index (χ1) is 21.6. The van der Waals surface area contributed by atoms with Crippen LogP contribution in [-0.4, -0.2) is 51.4 Å². The molecule has 0 saturated heterocycles. The highest BCUT2D eigenvalue weighted by Gasteiger charge is 2.34. The summed E-state index contributed by atoms with van der Waals surface area (Å²) in [6.45, 7) is 3.81. The zero-order chi connectivity index (χ0) is 32.4. The summed E-state index contributed by atoms with van der Waals surface area (Å²) in [5, 5.41) is 2.95. The number of amides is 2. The highest BCUT2D eigenvalue weighted by molar-refractivity contribution is 9.10. The van der Waals surface area contributed by atoms with E-state index in [0.29, 0.717) is 18.0 Å². The van der Waals surface area contributed by atoms with Crippen LogP contribution in [0.15, 0.2) is 112 Å². The molecular weight excluding hydrogens is 654 g/mol. The van der Waals surface area contributed by atoms with Gasteiger partial charge in [-0.25, -0.2) is 8.42 Å². The minimum Gasteiger partial charge on any atom is -0.497 e. The molecule has 0 heterocycles. The van der Waals surface area contributed by atoms with Gasteiger partial charge in [0.2, 0.25) is 11.8 Å². The predicted octanol–water partition coefficient (Wildman–Crippen LogP) is 6.13. The fraction of sp³-hybridized carbons (Fsp3) is 0.257. The highest BCUT2D eigenvalue weighted by Crippen LogP contribution is 2.27. The largest absolute Gasteiger partial charge is 0.497 e. The number of halogens is 1. The average Bonchev–Trinajstić information content (AvgIpc) is 3.05. The lowest BCUT2D eigenvalue weighted by Crippen LogP contribution is -2.53. The lowest BCUT2D eigenvalue weighted by Gasteiger charge is -2.34. The second kappa shape index (κ2) is 15.7. The third kappa shape index (κ3) is 8.95. The Kier molecular flexibility index (Phi) is 11.8. The molecule has 236 valence electrons. The quantitative estimate of drug-likeness (QED) is 0.172. The van der Waals surface area contributed by atoms with E-state index in [0.717, 1.165) is 31.9 Å². The van der Waals surface area contributed by atoms with Crippen molar-refractivity contribution < 1.29 is 22.7 Å². The summed E-state index contributed by atoms with van der Waals surface area (Å²) in [5.41, 5.74) is 2.84. The molecule has 0 aliphatic carbocycles. The normalized spacial score (nSPS) is 11.8. The lowest BCUT2D eigenvalue weighted by molar-refractivity contribution is -0.140. The molecule has 10 heteroatoms. The van der Waals surface area contributed by atoms with Crippen LogP contribution < -0.4 is 14.4 Å². The van der Waals surface area contributed by atoms with Crippen molar-refractivity contribution in [2.45, 2.75) is 44.2 Å². The molecule has 0 aromatic heterocycles. The zero-order valence-corrected chi connectivity index (χ0v) is 28.1. The summed E-state index contributed by atoms with van der Waals surface area (Å²) in [7, 11) is -2.60. The van der Waals surface area contributed by atoms with Gasteiger partial charge in [-0.15, -0.1) is 0 Å². The molecule has 0 fully saturated rings. The molecule has 0 saturated carbocycles. The van der Waals surface area contributed by atoms with Crippen LogP contribution in [-0.2, 0) is 32.6 Å². The Labute approximate surface area is 274 Å². The van der Waals surface area contributed by atoms with E-state index in [9.17, 15) is 18.0 Å². The van der Waals surface area contributed by atoms with Crippen molar-refractivity contribution in [3.8, 4) is 5.75 Å². The summed E-state index contributed by atoms with van der Waals surface area (Å²) < 4.78 is 35.5. The Balaban J connectivity index is 1.80. The van der Waals surface area contributed by atoms with Gasteiger partial charge < -0.3 is 15.0 Å². The summed E-state index contributed by atoms with van der Waals surface area (Å²) in [5.74, 6) is -0.231. The van der Waals surface area contributed by atoms with E-state index in [1.165, 1.54) is 17.0 Å². The number of ether oxygens (including phenoxy) is 1. The Bertz CT molecular complexity index is 1680. The van der Waals surface area contributed by atoms with E-state index in [4.69, 9.17) is 4.74 Å². The molecule has 4 aromatic carbocycles. The van der Waals surface area contributed by atoms with E-state index in [1.54, 1.807) is 55.6 Å². The number of hydrogen-bond acceptors (Lipinski definition) is 5. The van der Waals surface area contributed by atoms with Gasteiger partial charge in [0.25, 0.3) is 10.0 Å². The topological polar surface area (TPSA) is 96.0 Å². The van der Waals surface area contributed by atoms with Crippen LogP contribution >= 0.6 is 15.9 Å². The number of methoxy groups -OCH3 is 1. The summed E-state index contributed by atoms with van der Waals surface area (Å²) in [4.78, 5) is 29.8. The SMILES string of the molecule is CCCNC(=O)C(Cc1ccccc1)N(Cc1cccc(OC)c1)C(=O)CN(c1ccc(Br)cc1)S(=O)(=O)c1ccc(C)cc1. The van der Waals surface area contributed by atoms with Gasteiger partial charge in [-0.05, 0) is 73.0 Å². The molecule has 8 nitrogen and oxygen atoms in total. The average molecular weight is 693 g/mol. The van der Waals surface area contributed by atoms with Gasteiger partial charge in [0.1, 0.15) is 18.3 Å². The van der Waals surface area contributed by atoms with Gasteiger partial charge in [-0.3, -0.25) is 13.9 Å². The summed E-state index contributed by atoms with van der Waals surface area (Å²) in [6.07, 6.45) is 0.967. The third-order valence-corrected chi connectivity index (χ3v) is 9.63. The maximum absolute atomic E-state index is 14.5. The number of sulfonamides is 1. The number of rotatable bonds is 14. The predicted molar refractivity (Wildman–Crippen MR) is 181 cm³/mol. The zero-order valence-electron chi connectivity index (χ0n) is 25.6. The molecule has 0 spiro atoms. The Morgan fingerprint density at radius 2 is 1.56 bits per heavy atom. The van der Waals surface area contributed by atoms with Crippen molar-refractivity contribution >= 4 is 43.5 Å². The number of nitrogens with one attached hydrogen (secondary N) is 1. The molecule has 0 bridgehead atoms. The minimum atomic E-state index is -4.16. The highest BCUT2D eigenvalue weighted by atomic mass is 79.9. The molecule has 2 amide bonds. The van der Waals surface area contributed by atoms with Gasteiger partial charge in [-0.1, -0.05) is 83.0 Å². The monoisotopic (exact) mass is 691 g/mol. The van der Waals surface area contributed by atoms with Crippen LogP contribution in [0.4, 0.5) is 5.69 Å². The third-order valence-electron chi connectivity index (χ3n) is 7.31. The standard InChI is InChI=1S/C35H38BrN3O5S/c1-4-21-37-35(41)33(23-27-9-6-5-7-10-27)38(24-28-11-8-12-31(22-28)44-3)34(40)25-39(30-17-15-29(36)16-18-30)45(42,43)32-19-13-26(2)14-20-32/h5-20,22,33H,4,21,23-25H2,1-3H3,(H,37,41). The van der Waals surface area contributed by atoms with Crippen LogP contribution in [0.1, 0.15) is 30.0 Å². The van der Waals surface area contributed by atoms with Gasteiger partial charge in [0.15, 0.2) is 0 Å². The van der Waals surface area contributed by atoms with Crippen LogP contribution in [0.25, 0.3) is 0 Å². The van der Waals surface area contributed by atoms with Crippen LogP contribution in [0.3, 0.4) is 0 Å². The second-order valence-electron chi connectivity index (χ2n) is 10.7. The minimum absolute atomic E-state index is 0.0599. The number of carbonyl (C=O) groups excluding carboxylic acids is 2. The molecule has 1 atom stereocenters. The van der Waals surface area contributed by atoms with E-state index in [2.05, 4.69) is 21.2 Å². The first-order valence-electron chi connectivity index (χ1n) is 14.7. The van der Waals surface area contributed by atoms with Crippen molar-refractivity contribution in [3.63, 3.8) is 0 Å². The van der Waals surface area contributed by atoms with Crippen LogP contribution in [0.2, 0.25) is 0 Å².